The van der Waals surface area contributed by atoms with Crippen molar-refractivity contribution in [3.8, 4) is 23.1 Å². The molecule has 130 valence electrons. The van der Waals surface area contributed by atoms with Gasteiger partial charge in [-0.25, -0.2) is 4.98 Å². The molecule has 2 N–H and O–H groups in total. The van der Waals surface area contributed by atoms with Crippen LogP contribution in [0.3, 0.4) is 0 Å². The van der Waals surface area contributed by atoms with E-state index in [2.05, 4.69) is 15.3 Å². The molecular weight excluding hydrogens is 340 g/mol. The Kier molecular flexibility index (Phi) is 6.60. The number of amides is 1. The molecule has 8 heteroatoms. The van der Waals surface area contributed by atoms with E-state index in [0.29, 0.717) is 23.0 Å². The fourth-order valence-corrected chi connectivity index (χ4v) is 2.72. The Labute approximate surface area is 149 Å². The number of nitriles is 1. The highest BCUT2D eigenvalue weighted by Crippen LogP contribution is 2.24. The lowest BCUT2D eigenvalue weighted by atomic mass is 10.1. The number of carbonyl (C=O) groups is 1. The maximum Gasteiger partial charge on any atom is 0.270 e. The molecule has 2 aromatic rings. The molecule has 1 aromatic heterocycles. The van der Waals surface area contributed by atoms with E-state index in [9.17, 15) is 14.9 Å². The number of hydrogen-bond acceptors (Lipinski definition) is 6. The lowest BCUT2D eigenvalue weighted by Gasteiger charge is -2.07. The Hall–Kier alpha value is -2.79. The summed E-state index contributed by atoms with van der Waals surface area (Å²) in [4.78, 5) is 30.7. The molecule has 0 unspecified atom stereocenters. The number of aromatic nitrogens is 2. The summed E-state index contributed by atoms with van der Waals surface area (Å²) < 4.78 is 5.10. The SMILES string of the molecule is CCCNC(=O)CSc1nc(-c2ccc(OC)cc2)c(C#N)c(=O)[nH]1. The second kappa shape index (κ2) is 8.89. The first kappa shape index (κ1) is 18.5. The maximum atomic E-state index is 12.1. The number of nitrogens with zero attached hydrogens (tertiary/aromatic N) is 2. The van der Waals surface area contributed by atoms with Crippen molar-refractivity contribution in [1.82, 2.24) is 15.3 Å². The minimum absolute atomic E-state index is 0.0649. The number of methoxy groups -OCH3 is 1. The van der Waals surface area contributed by atoms with Gasteiger partial charge >= 0.3 is 0 Å². The molecule has 7 nitrogen and oxygen atoms in total. The van der Waals surface area contributed by atoms with Gasteiger partial charge in [0.2, 0.25) is 5.91 Å². The molecule has 0 bridgehead atoms. The van der Waals surface area contributed by atoms with Crippen molar-refractivity contribution in [2.75, 3.05) is 19.4 Å². The first-order valence-electron chi connectivity index (χ1n) is 7.67. The number of nitrogens with one attached hydrogen (secondary N) is 2. The smallest absolute Gasteiger partial charge is 0.270 e. The van der Waals surface area contributed by atoms with E-state index in [1.807, 2.05) is 13.0 Å². The average molecular weight is 358 g/mol. The molecule has 2 rings (SSSR count). The Bertz CT molecular complexity index is 840. The van der Waals surface area contributed by atoms with Crippen LogP contribution in [0.25, 0.3) is 11.3 Å². The normalized spacial score (nSPS) is 10.1. The lowest BCUT2D eigenvalue weighted by molar-refractivity contribution is -0.118. The number of aromatic amines is 1. The molecule has 0 aliphatic rings. The minimum atomic E-state index is -0.528. The summed E-state index contributed by atoms with van der Waals surface area (Å²) in [5.41, 5.74) is 0.316. The van der Waals surface area contributed by atoms with Crippen LogP contribution in [-0.2, 0) is 4.79 Å². The van der Waals surface area contributed by atoms with Crippen molar-refractivity contribution < 1.29 is 9.53 Å². The highest BCUT2D eigenvalue weighted by Gasteiger charge is 2.14. The molecule has 1 aromatic carbocycles. The molecule has 0 spiro atoms. The van der Waals surface area contributed by atoms with Crippen LogP contribution in [0.5, 0.6) is 5.75 Å². The van der Waals surface area contributed by atoms with Crippen molar-refractivity contribution in [3.63, 3.8) is 0 Å². The monoisotopic (exact) mass is 358 g/mol. The number of rotatable bonds is 7. The second-order valence-electron chi connectivity index (χ2n) is 5.07. The molecular formula is C17H18N4O3S. The summed E-state index contributed by atoms with van der Waals surface area (Å²) in [6, 6.07) is 8.79. The number of benzene rings is 1. The van der Waals surface area contributed by atoms with E-state index in [0.717, 1.165) is 18.2 Å². The summed E-state index contributed by atoms with van der Waals surface area (Å²) in [5.74, 6) is 0.663. The van der Waals surface area contributed by atoms with Gasteiger partial charge in [0.15, 0.2) is 5.16 Å². The predicted octanol–water partition coefficient (Wildman–Crippen LogP) is 1.94. The average Bonchev–Trinajstić information content (AvgIpc) is 2.64. The van der Waals surface area contributed by atoms with Gasteiger partial charge in [0, 0.05) is 12.1 Å². The van der Waals surface area contributed by atoms with Gasteiger partial charge in [-0.1, -0.05) is 18.7 Å². The highest BCUT2D eigenvalue weighted by molar-refractivity contribution is 7.99. The maximum absolute atomic E-state index is 12.1. The van der Waals surface area contributed by atoms with Crippen molar-refractivity contribution in [2.45, 2.75) is 18.5 Å². The molecule has 0 fully saturated rings. The first-order chi connectivity index (χ1) is 12.1. The Morgan fingerprint density at radius 3 is 2.72 bits per heavy atom. The van der Waals surface area contributed by atoms with Crippen molar-refractivity contribution >= 4 is 17.7 Å². The molecule has 1 heterocycles. The fourth-order valence-electron chi connectivity index (χ4n) is 2.03. The summed E-state index contributed by atoms with van der Waals surface area (Å²) in [7, 11) is 1.56. The van der Waals surface area contributed by atoms with Crippen molar-refractivity contribution in [1.29, 1.82) is 5.26 Å². The van der Waals surface area contributed by atoms with Gasteiger partial charge < -0.3 is 15.0 Å². The molecule has 0 aliphatic carbocycles. The van der Waals surface area contributed by atoms with Gasteiger partial charge in [-0.3, -0.25) is 9.59 Å². The van der Waals surface area contributed by atoms with E-state index in [4.69, 9.17) is 4.74 Å². The van der Waals surface area contributed by atoms with E-state index in [1.165, 1.54) is 0 Å². The second-order valence-corrected chi connectivity index (χ2v) is 6.04. The molecule has 0 radical (unpaired) electrons. The highest BCUT2D eigenvalue weighted by atomic mass is 32.2. The zero-order chi connectivity index (χ0) is 18.2. The Balaban J connectivity index is 2.29. The number of hydrogen-bond donors (Lipinski definition) is 2. The quantitative estimate of drug-likeness (QED) is 0.578. The lowest BCUT2D eigenvalue weighted by Crippen LogP contribution is -2.26. The van der Waals surface area contributed by atoms with Crippen LogP contribution in [0.4, 0.5) is 0 Å². The van der Waals surface area contributed by atoms with Crippen molar-refractivity contribution in [3.05, 3.63) is 40.2 Å². The predicted molar refractivity (Wildman–Crippen MR) is 95.6 cm³/mol. The van der Waals surface area contributed by atoms with Crippen LogP contribution in [-0.4, -0.2) is 35.3 Å². The van der Waals surface area contributed by atoms with Crippen LogP contribution in [0.1, 0.15) is 18.9 Å². The van der Waals surface area contributed by atoms with Gasteiger partial charge in [0.25, 0.3) is 5.56 Å². The third kappa shape index (κ3) is 4.84. The van der Waals surface area contributed by atoms with Crippen LogP contribution in [0.15, 0.2) is 34.2 Å². The zero-order valence-corrected chi connectivity index (χ0v) is 14.8. The molecule has 25 heavy (non-hydrogen) atoms. The Morgan fingerprint density at radius 1 is 1.40 bits per heavy atom. The summed E-state index contributed by atoms with van der Waals surface area (Å²) >= 11 is 1.12. The number of ether oxygens (including phenoxy) is 1. The fraction of sp³-hybridized carbons (Fsp3) is 0.294. The topological polar surface area (TPSA) is 108 Å². The summed E-state index contributed by atoms with van der Waals surface area (Å²) in [5, 5.41) is 12.3. The number of carbonyl (C=O) groups excluding carboxylic acids is 1. The number of thioether (sulfide) groups is 1. The third-order valence-electron chi connectivity index (χ3n) is 3.29. The summed E-state index contributed by atoms with van der Waals surface area (Å²) in [6.45, 7) is 2.57. The van der Waals surface area contributed by atoms with Crippen LogP contribution < -0.4 is 15.6 Å². The standard InChI is InChI=1S/C17H18N4O3S/c1-3-8-19-14(22)10-25-17-20-15(13(9-18)16(23)21-17)11-4-6-12(24-2)7-5-11/h4-7H,3,8,10H2,1-2H3,(H,19,22)(H,20,21,23). The van der Waals surface area contributed by atoms with E-state index in [-0.39, 0.29) is 22.9 Å². The molecule has 0 saturated heterocycles. The van der Waals surface area contributed by atoms with Gasteiger partial charge in [0.1, 0.15) is 17.4 Å². The van der Waals surface area contributed by atoms with Gasteiger partial charge in [-0.05, 0) is 30.7 Å². The van der Waals surface area contributed by atoms with Crippen molar-refractivity contribution in [2.24, 2.45) is 0 Å². The van der Waals surface area contributed by atoms with Crippen LogP contribution in [0.2, 0.25) is 0 Å². The molecule has 0 atom stereocenters. The third-order valence-corrected chi connectivity index (χ3v) is 4.16. The first-order valence-corrected chi connectivity index (χ1v) is 8.66. The molecule has 1 amide bonds. The molecule has 0 saturated carbocycles. The summed E-state index contributed by atoms with van der Waals surface area (Å²) in [6.07, 6.45) is 0.851. The van der Waals surface area contributed by atoms with Gasteiger partial charge in [-0.2, -0.15) is 5.26 Å². The van der Waals surface area contributed by atoms with Crippen LogP contribution >= 0.6 is 11.8 Å². The zero-order valence-electron chi connectivity index (χ0n) is 14.0. The van der Waals surface area contributed by atoms with Gasteiger partial charge in [0.05, 0.1) is 18.6 Å². The van der Waals surface area contributed by atoms with Gasteiger partial charge in [-0.15, -0.1) is 0 Å². The van der Waals surface area contributed by atoms with E-state index >= 15 is 0 Å². The minimum Gasteiger partial charge on any atom is -0.497 e. The van der Waals surface area contributed by atoms with E-state index < -0.39 is 5.56 Å². The van der Waals surface area contributed by atoms with Crippen LogP contribution in [0, 0.1) is 11.3 Å². The Morgan fingerprint density at radius 2 is 2.12 bits per heavy atom. The largest absolute Gasteiger partial charge is 0.497 e. The molecule has 0 aliphatic heterocycles. The number of H-pyrrole nitrogens is 1. The van der Waals surface area contributed by atoms with E-state index in [1.54, 1.807) is 31.4 Å².